The fourth-order valence-corrected chi connectivity index (χ4v) is 4.64. The van der Waals surface area contributed by atoms with Crippen LogP contribution in [0, 0.1) is 24.2 Å². The summed E-state index contributed by atoms with van der Waals surface area (Å²) in [7, 11) is 0. The number of piperidine rings is 1. The van der Waals surface area contributed by atoms with Crippen molar-refractivity contribution in [1.82, 2.24) is 10.1 Å². The van der Waals surface area contributed by atoms with Gasteiger partial charge in [-0.05, 0) is 62.8 Å². The number of amides is 1. The van der Waals surface area contributed by atoms with Gasteiger partial charge in [-0.1, -0.05) is 5.16 Å². The Labute approximate surface area is 178 Å². The number of hydrogen-bond donors (Lipinski definition) is 1. The highest BCUT2D eigenvalue weighted by atomic mass is 32.1. The van der Waals surface area contributed by atoms with E-state index in [2.05, 4.69) is 11.2 Å². The zero-order valence-corrected chi connectivity index (χ0v) is 17.6. The van der Waals surface area contributed by atoms with Crippen molar-refractivity contribution < 1.29 is 19.2 Å². The van der Waals surface area contributed by atoms with Gasteiger partial charge in [-0.15, -0.1) is 11.3 Å². The Hall–Kier alpha value is -3.05. The van der Waals surface area contributed by atoms with Crippen LogP contribution in [0.5, 0.6) is 5.75 Å². The number of hydrogen-bond acceptors (Lipinski definition) is 6. The minimum atomic E-state index is -0.825. The zero-order chi connectivity index (χ0) is 21.1. The van der Waals surface area contributed by atoms with Crippen molar-refractivity contribution in [3.63, 3.8) is 0 Å². The summed E-state index contributed by atoms with van der Waals surface area (Å²) >= 11 is 1.43. The lowest BCUT2D eigenvalue weighted by atomic mass is 9.91. The van der Waals surface area contributed by atoms with Crippen molar-refractivity contribution >= 4 is 28.4 Å². The first-order valence-electron chi connectivity index (χ1n) is 10.0. The predicted octanol–water partition coefficient (Wildman–Crippen LogP) is 4.97. The smallest absolute Gasteiger partial charge is 0.407 e. The number of ether oxygens (including phenoxy) is 1. The molecule has 0 aliphatic carbocycles. The van der Waals surface area contributed by atoms with Gasteiger partial charge in [0, 0.05) is 28.9 Å². The summed E-state index contributed by atoms with van der Waals surface area (Å²) < 4.78 is 11.6. The number of likely N-dealkylation sites (tertiary alicyclic amines) is 1. The number of aromatic nitrogens is 1. The van der Waals surface area contributed by atoms with Crippen LogP contribution < -0.4 is 4.74 Å². The van der Waals surface area contributed by atoms with Crippen LogP contribution in [0.3, 0.4) is 0 Å². The second kappa shape index (κ2) is 8.76. The number of nitrogens with zero attached hydrogens (tertiary/aromatic N) is 3. The number of thiophene rings is 1. The Kier molecular flexibility index (Phi) is 5.91. The van der Waals surface area contributed by atoms with Crippen molar-refractivity contribution in [2.45, 2.75) is 39.2 Å². The molecule has 0 bridgehead atoms. The van der Waals surface area contributed by atoms with Gasteiger partial charge < -0.3 is 19.3 Å². The van der Waals surface area contributed by atoms with Crippen molar-refractivity contribution in [2.24, 2.45) is 5.92 Å². The van der Waals surface area contributed by atoms with Crippen LogP contribution in [0.1, 0.15) is 40.3 Å². The lowest BCUT2D eigenvalue weighted by molar-refractivity contribution is 0.123. The minimum absolute atomic E-state index is 0.411. The molecule has 3 aromatic rings. The van der Waals surface area contributed by atoms with Gasteiger partial charge in [-0.25, -0.2) is 4.79 Å². The fourth-order valence-electron chi connectivity index (χ4n) is 3.92. The summed E-state index contributed by atoms with van der Waals surface area (Å²) in [5.41, 5.74) is 2.60. The molecule has 1 aliphatic heterocycles. The average molecular weight is 426 g/mol. The summed E-state index contributed by atoms with van der Waals surface area (Å²) in [4.78, 5) is 14.2. The summed E-state index contributed by atoms with van der Waals surface area (Å²) in [6.45, 7) is 3.59. The molecule has 1 N–H and O–H groups in total. The third-order valence-corrected chi connectivity index (χ3v) is 6.69. The molecule has 1 aliphatic rings. The molecule has 8 heteroatoms. The van der Waals surface area contributed by atoms with Crippen LogP contribution in [-0.2, 0) is 13.0 Å². The maximum absolute atomic E-state index is 11.0. The lowest BCUT2D eigenvalue weighted by Gasteiger charge is -2.29. The molecule has 4 rings (SSSR count). The Morgan fingerprint density at radius 1 is 1.37 bits per heavy atom. The first-order valence-corrected chi connectivity index (χ1v) is 10.8. The third-order valence-electron chi connectivity index (χ3n) is 5.73. The van der Waals surface area contributed by atoms with E-state index in [9.17, 15) is 4.79 Å². The van der Waals surface area contributed by atoms with Gasteiger partial charge in [0.1, 0.15) is 23.3 Å². The quantitative estimate of drug-likeness (QED) is 0.598. The van der Waals surface area contributed by atoms with Crippen molar-refractivity contribution in [3.8, 4) is 11.8 Å². The second-order valence-electron chi connectivity index (χ2n) is 7.61. The zero-order valence-electron chi connectivity index (χ0n) is 16.8. The SMILES string of the molecule is Cc1c(OCc2ccc(C#N)s2)ccc2c(CCC3CCN(C(=O)O)CC3)noc12. The molecule has 0 unspecified atom stereocenters. The maximum Gasteiger partial charge on any atom is 0.407 e. The standard InChI is InChI=1S/C22H23N3O4S/c1-14-20(28-13-17-4-3-16(12-23)30-17)7-5-18-19(24-29-21(14)18)6-2-15-8-10-25(11-9-15)22(26)27/h3-5,7,15H,2,6,8-11,13H2,1H3,(H,26,27). The van der Waals surface area contributed by atoms with E-state index in [1.54, 1.807) is 6.07 Å². The van der Waals surface area contributed by atoms with Crippen LogP contribution in [0.15, 0.2) is 28.8 Å². The molecular formula is C22H23N3O4S. The van der Waals surface area contributed by atoms with E-state index in [0.717, 1.165) is 58.5 Å². The molecular weight excluding hydrogens is 402 g/mol. The normalized spacial score (nSPS) is 14.7. The van der Waals surface area contributed by atoms with Gasteiger partial charge in [0.25, 0.3) is 0 Å². The van der Waals surface area contributed by atoms with Crippen molar-refractivity contribution in [2.75, 3.05) is 13.1 Å². The lowest BCUT2D eigenvalue weighted by Crippen LogP contribution is -2.37. The van der Waals surface area contributed by atoms with Crippen LogP contribution in [-0.4, -0.2) is 34.3 Å². The van der Waals surface area contributed by atoms with Crippen LogP contribution in [0.4, 0.5) is 4.79 Å². The molecule has 2 aromatic heterocycles. The topological polar surface area (TPSA) is 99.6 Å². The average Bonchev–Trinajstić information content (AvgIpc) is 3.39. The molecule has 1 aromatic carbocycles. The monoisotopic (exact) mass is 425 g/mol. The van der Waals surface area contributed by atoms with E-state index in [0.29, 0.717) is 30.5 Å². The van der Waals surface area contributed by atoms with Crippen molar-refractivity contribution in [3.05, 3.63) is 45.3 Å². The van der Waals surface area contributed by atoms with Crippen LogP contribution in [0.25, 0.3) is 11.0 Å². The molecule has 0 atom stereocenters. The van der Waals surface area contributed by atoms with Gasteiger partial charge >= 0.3 is 6.09 Å². The Bertz CT molecular complexity index is 1090. The Balaban J connectivity index is 1.38. The van der Waals surface area contributed by atoms with Gasteiger partial charge in [-0.3, -0.25) is 0 Å². The Morgan fingerprint density at radius 2 is 2.17 bits per heavy atom. The van der Waals surface area contributed by atoms with E-state index in [4.69, 9.17) is 19.6 Å². The number of benzene rings is 1. The van der Waals surface area contributed by atoms with Gasteiger partial charge in [0.2, 0.25) is 0 Å². The molecule has 156 valence electrons. The number of carboxylic acid groups (broad SMARTS) is 1. The largest absolute Gasteiger partial charge is 0.488 e. The molecule has 0 spiro atoms. The summed E-state index contributed by atoms with van der Waals surface area (Å²) in [5.74, 6) is 1.26. The molecule has 1 fully saturated rings. The van der Waals surface area contributed by atoms with Gasteiger partial charge in [-0.2, -0.15) is 5.26 Å². The number of nitriles is 1. The molecule has 1 saturated heterocycles. The van der Waals surface area contributed by atoms with Crippen molar-refractivity contribution in [1.29, 1.82) is 5.26 Å². The second-order valence-corrected chi connectivity index (χ2v) is 8.78. The van der Waals surface area contributed by atoms with E-state index >= 15 is 0 Å². The highest BCUT2D eigenvalue weighted by molar-refractivity contribution is 7.12. The summed E-state index contributed by atoms with van der Waals surface area (Å²) in [6, 6.07) is 9.78. The first kappa shape index (κ1) is 20.2. The van der Waals surface area contributed by atoms with E-state index in [1.807, 2.05) is 25.1 Å². The number of fused-ring (bicyclic) bond motifs is 1. The van der Waals surface area contributed by atoms with E-state index in [-0.39, 0.29) is 0 Å². The highest BCUT2D eigenvalue weighted by Crippen LogP contribution is 2.32. The molecule has 30 heavy (non-hydrogen) atoms. The summed E-state index contributed by atoms with van der Waals surface area (Å²) in [6.07, 6.45) is 2.77. The van der Waals surface area contributed by atoms with Crippen LogP contribution >= 0.6 is 11.3 Å². The predicted molar refractivity (Wildman–Crippen MR) is 113 cm³/mol. The molecule has 0 saturated carbocycles. The van der Waals surface area contributed by atoms with Crippen LogP contribution in [0.2, 0.25) is 0 Å². The number of aryl methyl sites for hydroxylation is 2. The van der Waals surface area contributed by atoms with Gasteiger partial charge in [0.05, 0.1) is 5.69 Å². The summed E-state index contributed by atoms with van der Waals surface area (Å²) in [5, 5.41) is 23.3. The highest BCUT2D eigenvalue weighted by Gasteiger charge is 2.23. The first-order chi connectivity index (χ1) is 14.5. The molecule has 7 nitrogen and oxygen atoms in total. The molecule has 3 heterocycles. The minimum Gasteiger partial charge on any atom is -0.488 e. The van der Waals surface area contributed by atoms with E-state index in [1.165, 1.54) is 16.2 Å². The third kappa shape index (κ3) is 4.26. The molecule has 1 amide bonds. The molecule has 0 radical (unpaired) electrons. The Morgan fingerprint density at radius 3 is 2.87 bits per heavy atom. The number of carbonyl (C=O) groups is 1. The number of rotatable bonds is 6. The fraction of sp³-hybridized carbons (Fsp3) is 0.409. The van der Waals surface area contributed by atoms with Gasteiger partial charge in [0.15, 0.2) is 5.58 Å². The van der Waals surface area contributed by atoms with E-state index < -0.39 is 6.09 Å². The maximum atomic E-state index is 11.0.